The van der Waals surface area contributed by atoms with E-state index in [9.17, 15) is 9.59 Å². The second-order valence-electron chi connectivity index (χ2n) is 5.98. The molecule has 0 atom stereocenters. The molecule has 0 aliphatic heterocycles. The summed E-state index contributed by atoms with van der Waals surface area (Å²) >= 11 is 0. The molecule has 1 N–H and O–H groups in total. The van der Waals surface area contributed by atoms with Crippen molar-refractivity contribution in [3.63, 3.8) is 0 Å². The van der Waals surface area contributed by atoms with Gasteiger partial charge in [0.05, 0.1) is 19.1 Å². The minimum atomic E-state index is -1.11. The smallest absolute Gasteiger partial charge is 0.341 e. The molecule has 0 spiro atoms. The van der Waals surface area contributed by atoms with Gasteiger partial charge in [0.25, 0.3) is 0 Å². The van der Waals surface area contributed by atoms with Gasteiger partial charge >= 0.3 is 5.97 Å². The van der Waals surface area contributed by atoms with Crippen LogP contribution in [0.25, 0.3) is 22.3 Å². The second kappa shape index (κ2) is 8.47. The molecule has 28 heavy (non-hydrogen) atoms. The second-order valence-corrected chi connectivity index (χ2v) is 5.98. The van der Waals surface area contributed by atoms with Crippen LogP contribution < -0.4 is 19.6 Å². The third-order valence-electron chi connectivity index (χ3n) is 3.98. The highest BCUT2D eigenvalue weighted by molar-refractivity contribution is 5.82. The number of benzene rings is 2. The molecule has 1 heterocycles. The van der Waals surface area contributed by atoms with E-state index in [0.717, 1.165) is 6.42 Å². The summed E-state index contributed by atoms with van der Waals surface area (Å²) in [6, 6.07) is 11.8. The SMILES string of the molecule is CCCOc1c(-c2ccc(OC)c(OCC(=O)O)c2)oc2ccccc2c1=O. The largest absolute Gasteiger partial charge is 0.493 e. The van der Waals surface area contributed by atoms with Gasteiger partial charge in [0.1, 0.15) is 5.58 Å². The molecule has 0 unspecified atom stereocenters. The molecule has 3 aromatic rings. The van der Waals surface area contributed by atoms with Crippen molar-refractivity contribution >= 4 is 16.9 Å². The van der Waals surface area contributed by atoms with Crippen LogP contribution in [-0.2, 0) is 4.79 Å². The van der Waals surface area contributed by atoms with Crippen molar-refractivity contribution in [2.45, 2.75) is 13.3 Å². The maximum Gasteiger partial charge on any atom is 0.341 e. The van der Waals surface area contributed by atoms with Gasteiger partial charge in [-0.3, -0.25) is 4.79 Å². The van der Waals surface area contributed by atoms with Gasteiger partial charge < -0.3 is 23.7 Å². The van der Waals surface area contributed by atoms with Gasteiger partial charge in [0, 0.05) is 5.56 Å². The molecule has 7 heteroatoms. The highest BCUT2D eigenvalue weighted by Crippen LogP contribution is 2.36. The number of ether oxygens (including phenoxy) is 3. The molecule has 0 saturated heterocycles. The monoisotopic (exact) mass is 384 g/mol. The summed E-state index contributed by atoms with van der Waals surface area (Å²) in [4.78, 5) is 23.8. The Hall–Kier alpha value is -3.48. The first-order valence-corrected chi connectivity index (χ1v) is 8.76. The van der Waals surface area contributed by atoms with Crippen molar-refractivity contribution < 1.29 is 28.5 Å². The number of fused-ring (bicyclic) bond motifs is 1. The number of methoxy groups -OCH3 is 1. The highest BCUT2D eigenvalue weighted by Gasteiger charge is 2.19. The quantitative estimate of drug-likeness (QED) is 0.632. The lowest BCUT2D eigenvalue weighted by molar-refractivity contribution is -0.139. The Morgan fingerprint density at radius 3 is 2.61 bits per heavy atom. The van der Waals surface area contributed by atoms with Crippen LogP contribution in [0.4, 0.5) is 0 Å². The molecular formula is C21H20O7. The lowest BCUT2D eigenvalue weighted by Crippen LogP contribution is -2.11. The van der Waals surface area contributed by atoms with Crippen molar-refractivity contribution in [2.75, 3.05) is 20.3 Å². The number of aliphatic carboxylic acids is 1. The first-order chi connectivity index (χ1) is 13.5. The minimum Gasteiger partial charge on any atom is -0.493 e. The summed E-state index contributed by atoms with van der Waals surface area (Å²) < 4.78 is 22.2. The number of hydrogen-bond acceptors (Lipinski definition) is 6. The Labute approximate surface area is 161 Å². The Bertz CT molecular complexity index is 1050. The van der Waals surface area contributed by atoms with E-state index in [4.69, 9.17) is 23.7 Å². The van der Waals surface area contributed by atoms with Gasteiger partial charge in [-0.2, -0.15) is 0 Å². The van der Waals surface area contributed by atoms with E-state index in [1.807, 2.05) is 6.92 Å². The van der Waals surface area contributed by atoms with Crippen molar-refractivity contribution in [3.8, 4) is 28.6 Å². The third-order valence-corrected chi connectivity index (χ3v) is 3.98. The Kier molecular flexibility index (Phi) is 5.84. The first-order valence-electron chi connectivity index (χ1n) is 8.76. The Balaban J connectivity index is 2.17. The van der Waals surface area contributed by atoms with Gasteiger partial charge in [-0.1, -0.05) is 19.1 Å². The molecule has 3 rings (SSSR count). The van der Waals surface area contributed by atoms with Crippen LogP contribution >= 0.6 is 0 Å². The topological polar surface area (TPSA) is 95.2 Å². The summed E-state index contributed by atoms with van der Waals surface area (Å²) in [5.41, 5.74) is 0.666. The Morgan fingerprint density at radius 1 is 1.11 bits per heavy atom. The van der Waals surface area contributed by atoms with Crippen LogP contribution in [0.3, 0.4) is 0 Å². The fourth-order valence-corrected chi connectivity index (χ4v) is 2.72. The van der Waals surface area contributed by atoms with Crippen LogP contribution in [0.2, 0.25) is 0 Å². The molecule has 0 aliphatic carbocycles. The van der Waals surface area contributed by atoms with E-state index in [1.54, 1.807) is 42.5 Å². The van der Waals surface area contributed by atoms with E-state index in [0.29, 0.717) is 28.9 Å². The van der Waals surface area contributed by atoms with Crippen LogP contribution in [0.5, 0.6) is 17.2 Å². The molecule has 0 bridgehead atoms. The van der Waals surface area contributed by atoms with Crippen LogP contribution in [0.1, 0.15) is 13.3 Å². The molecule has 2 aromatic carbocycles. The maximum atomic E-state index is 12.9. The number of hydrogen-bond donors (Lipinski definition) is 1. The van der Waals surface area contributed by atoms with Crippen molar-refractivity contribution in [2.24, 2.45) is 0 Å². The van der Waals surface area contributed by atoms with Crippen molar-refractivity contribution in [3.05, 3.63) is 52.7 Å². The molecule has 0 aliphatic rings. The van der Waals surface area contributed by atoms with Gasteiger partial charge in [-0.25, -0.2) is 4.79 Å². The van der Waals surface area contributed by atoms with E-state index < -0.39 is 12.6 Å². The van der Waals surface area contributed by atoms with E-state index in [2.05, 4.69) is 0 Å². The zero-order valence-electron chi connectivity index (χ0n) is 15.6. The minimum absolute atomic E-state index is 0.106. The van der Waals surface area contributed by atoms with Gasteiger partial charge in [-0.05, 0) is 36.8 Å². The molecule has 0 saturated carbocycles. The number of carboxylic acid groups (broad SMARTS) is 1. The summed E-state index contributed by atoms with van der Waals surface area (Å²) in [5, 5.41) is 9.30. The summed E-state index contributed by atoms with van der Waals surface area (Å²) in [7, 11) is 1.45. The predicted molar refractivity (Wildman–Crippen MR) is 103 cm³/mol. The van der Waals surface area contributed by atoms with Crippen molar-refractivity contribution in [1.29, 1.82) is 0 Å². The molecular weight excluding hydrogens is 364 g/mol. The van der Waals surface area contributed by atoms with E-state index in [-0.39, 0.29) is 22.7 Å². The average molecular weight is 384 g/mol. The molecule has 0 amide bonds. The normalized spacial score (nSPS) is 10.6. The molecule has 0 radical (unpaired) electrons. The number of carboxylic acids is 1. The molecule has 1 aromatic heterocycles. The summed E-state index contributed by atoms with van der Waals surface area (Å²) in [6.45, 7) is 1.77. The highest BCUT2D eigenvalue weighted by atomic mass is 16.5. The molecule has 7 nitrogen and oxygen atoms in total. The van der Waals surface area contributed by atoms with Crippen LogP contribution in [-0.4, -0.2) is 31.4 Å². The first kappa shape index (κ1) is 19.3. The van der Waals surface area contributed by atoms with Crippen LogP contribution in [0.15, 0.2) is 51.7 Å². The van der Waals surface area contributed by atoms with E-state index >= 15 is 0 Å². The van der Waals surface area contributed by atoms with Gasteiger partial charge in [0.15, 0.2) is 23.9 Å². The summed E-state index contributed by atoms with van der Waals surface area (Å²) in [6.07, 6.45) is 0.724. The lowest BCUT2D eigenvalue weighted by atomic mass is 10.1. The van der Waals surface area contributed by atoms with Crippen molar-refractivity contribution in [1.82, 2.24) is 0 Å². The summed E-state index contributed by atoms with van der Waals surface area (Å²) in [5.74, 6) is -0.171. The molecule has 146 valence electrons. The fraction of sp³-hybridized carbons (Fsp3) is 0.238. The van der Waals surface area contributed by atoms with Gasteiger partial charge in [-0.15, -0.1) is 0 Å². The lowest BCUT2D eigenvalue weighted by Gasteiger charge is -2.14. The standard InChI is InChI=1S/C21H20O7/c1-3-10-26-21-19(24)14-6-4-5-7-15(14)28-20(21)13-8-9-16(25-2)17(11-13)27-12-18(22)23/h4-9,11H,3,10,12H2,1-2H3,(H,22,23). The fourth-order valence-electron chi connectivity index (χ4n) is 2.72. The maximum absolute atomic E-state index is 12.9. The molecule has 0 fully saturated rings. The average Bonchev–Trinajstić information content (AvgIpc) is 2.71. The number of rotatable bonds is 8. The van der Waals surface area contributed by atoms with Gasteiger partial charge in [0.2, 0.25) is 11.2 Å². The third kappa shape index (κ3) is 3.93. The Morgan fingerprint density at radius 2 is 1.89 bits per heavy atom. The number of carbonyl (C=O) groups is 1. The zero-order valence-corrected chi connectivity index (χ0v) is 15.6. The van der Waals surface area contributed by atoms with Crippen LogP contribution in [0, 0.1) is 0 Å². The predicted octanol–water partition coefficient (Wildman–Crippen LogP) is 3.72. The van der Waals surface area contributed by atoms with E-state index in [1.165, 1.54) is 7.11 Å². The zero-order chi connectivity index (χ0) is 20.1. The number of para-hydroxylation sites is 1.